The standard InChI is InChI=1S/C13H13Cl2NS/c14-12-4-2-1-3-9(12)7-10(16)8-11-5-6-13(15)17-11/h1-6,10H,7-8,16H2. The molecule has 0 bridgehead atoms. The number of thiophene rings is 1. The average Bonchev–Trinajstić information content (AvgIpc) is 2.67. The highest BCUT2D eigenvalue weighted by Gasteiger charge is 2.09. The summed E-state index contributed by atoms with van der Waals surface area (Å²) in [5, 5.41) is 0.784. The van der Waals surface area contributed by atoms with Gasteiger partial charge in [0.1, 0.15) is 0 Å². The van der Waals surface area contributed by atoms with Crippen molar-refractivity contribution in [2.75, 3.05) is 0 Å². The van der Waals surface area contributed by atoms with Crippen molar-refractivity contribution in [2.24, 2.45) is 5.73 Å². The maximum Gasteiger partial charge on any atom is 0.0931 e. The van der Waals surface area contributed by atoms with Gasteiger partial charge in [0.25, 0.3) is 0 Å². The van der Waals surface area contributed by atoms with E-state index in [9.17, 15) is 0 Å². The maximum absolute atomic E-state index is 6.12. The lowest BCUT2D eigenvalue weighted by molar-refractivity contribution is 0.671. The zero-order chi connectivity index (χ0) is 12.3. The molecule has 17 heavy (non-hydrogen) atoms. The molecule has 1 atom stereocenters. The molecule has 1 aromatic carbocycles. The van der Waals surface area contributed by atoms with Crippen LogP contribution in [0.3, 0.4) is 0 Å². The smallest absolute Gasteiger partial charge is 0.0931 e. The summed E-state index contributed by atoms with van der Waals surface area (Å²) < 4.78 is 0.810. The predicted molar refractivity (Wildman–Crippen MR) is 76.2 cm³/mol. The average molecular weight is 286 g/mol. The van der Waals surface area contributed by atoms with Crippen LogP contribution >= 0.6 is 34.5 Å². The monoisotopic (exact) mass is 285 g/mol. The van der Waals surface area contributed by atoms with Crippen molar-refractivity contribution in [3.63, 3.8) is 0 Å². The van der Waals surface area contributed by atoms with Crippen LogP contribution < -0.4 is 5.73 Å². The fourth-order valence-corrected chi connectivity index (χ4v) is 3.13. The molecule has 0 aliphatic heterocycles. The van der Waals surface area contributed by atoms with E-state index in [4.69, 9.17) is 28.9 Å². The first-order valence-electron chi connectivity index (χ1n) is 5.38. The molecule has 0 aliphatic carbocycles. The highest BCUT2D eigenvalue weighted by molar-refractivity contribution is 7.16. The normalized spacial score (nSPS) is 12.6. The Morgan fingerprint density at radius 3 is 2.47 bits per heavy atom. The molecule has 2 aromatic rings. The number of halogens is 2. The van der Waals surface area contributed by atoms with Crippen LogP contribution in [0.1, 0.15) is 10.4 Å². The molecule has 1 nitrogen and oxygen atoms in total. The Morgan fingerprint density at radius 2 is 1.82 bits per heavy atom. The van der Waals surface area contributed by atoms with Gasteiger partial charge in [0, 0.05) is 15.9 Å². The topological polar surface area (TPSA) is 26.0 Å². The summed E-state index contributed by atoms with van der Waals surface area (Å²) in [5.74, 6) is 0. The van der Waals surface area contributed by atoms with Gasteiger partial charge in [-0.1, -0.05) is 41.4 Å². The van der Waals surface area contributed by atoms with E-state index < -0.39 is 0 Å². The highest BCUT2D eigenvalue weighted by Crippen LogP contribution is 2.23. The zero-order valence-electron chi connectivity index (χ0n) is 9.20. The molecule has 90 valence electrons. The Kier molecular flexibility index (Phi) is 4.46. The molecule has 0 aliphatic rings. The Bertz CT molecular complexity index is 496. The molecule has 4 heteroatoms. The van der Waals surface area contributed by atoms with Crippen molar-refractivity contribution >= 4 is 34.5 Å². The molecule has 0 spiro atoms. The lowest BCUT2D eigenvalue weighted by Gasteiger charge is -2.11. The quantitative estimate of drug-likeness (QED) is 0.897. The van der Waals surface area contributed by atoms with Crippen molar-refractivity contribution in [3.05, 3.63) is 56.2 Å². The fourth-order valence-electron chi connectivity index (χ4n) is 1.74. The molecule has 1 aromatic heterocycles. The van der Waals surface area contributed by atoms with Gasteiger partial charge in [-0.25, -0.2) is 0 Å². The van der Waals surface area contributed by atoms with Gasteiger partial charge >= 0.3 is 0 Å². The molecule has 2 N–H and O–H groups in total. The van der Waals surface area contributed by atoms with Crippen LogP contribution in [-0.2, 0) is 12.8 Å². The minimum absolute atomic E-state index is 0.0737. The summed E-state index contributed by atoms with van der Waals surface area (Å²) in [7, 11) is 0. The number of hydrogen-bond acceptors (Lipinski definition) is 2. The van der Waals surface area contributed by atoms with E-state index in [1.807, 2.05) is 36.4 Å². The van der Waals surface area contributed by atoms with Gasteiger partial charge in [-0.3, -0.25) is 0 Å². The highest BCUT2D eigenvalue weighted by atomic mass is 35.5. The summed E-state index contributed by atoms with van der Waals surface area (Å²) in [6.07, 6.45) is 1.62. The Labute approximate surface area is 115 Å². The third kappa shape index (κ3) is 3.71. The van der Waals surface area contributed by atoms with Gasteiger partial charge < -0.3 is 5.73 Å². The third-order valence-corrected chi connectivity index (χ3v) is 4.15. The van der Waals surface area contributed by atoms with Gasteiger partial charge in [0.2, 0.25) is 0 Å². The van der Waals surface area contributed by atoms with E-state index in [0.717, 1.165) is 27.8 Å². The third-order valence-electron chi connectivity index (χ3n) is 2.53. The molecule has 0 saturated carbocycles. The molecule has 0 radical (unpaired) electrons. The largest absolute Gasteiger partial charge is 0.327 e. The van der Waals surface area contributed by atoms with E-state index in [1.54, 1.807) is 11.3 Å². The first kappa shape index (κ1) is 12.9. The van der Waals surface area contributed by atoms with E-state index in [1.165, 1.54) is 4.88 Å². The van der Waals surface area contributed by atoms with Gasteiger partial charge in [0.05, 0.1) is 4.34 Å². The summed E-state index contributed by atoms with van der Waals surface area (Å²) in [6.45, 7) is 0. The molecule has 0 amide bonds. The Balaban J connectivity index is 1.98. The number of hydrogen-bond donors (Lipinski definition) is 1. The number of nitrogens with two attached hydrogens (primary N) is 1. The molecular formula is C13H13Cl2NS. The summed E-state index contributed by atoms with van der Waals surface area (Å²) in [5.41, 5.74) is 7.22. The van der Waals surface area contributed by atoms with Gasteiger partial charge in [-0.05, 0) is 36.6 Å². The zero-order valence-corrected chi connectivity index (χ0v) is 11.5. The Morgan fingerprint density at radius 1 is 1.06 bits per heavy atom. The van der Waals surface area contributed by atoms with Gasteiger partial charge in [0.15, 0.2) is 0 Å². The fraction of sp³-hybridized carbons (Fsp3) is 0.231. The van der Waals surface area contributed by atoms with Crippen LogP contribution in [0.25, 0.3) is 0 Å². The van der Waals surface area contributed by atoms with Crippen LogP contribution in [0, 0.1) is 0 Å². The minimum Gasteiger partial charge on any atom is -0.327 e. The maximum atomic E-state index is 6.12. The van der Waals surface area contributed by atoms with E-state index in [-0.39, 0.29) is 6.04 Å². The minimum atomic E-state index is 0.0737. The summed E-state index contributed by atoms with van der Waals surface area (Å²) >= 11 is 13.6. The van der Waals surface area contributed by atoms with Crippen LogP contribution in [0.15, 0.2) is 36.4 Å². The molecule has 0 saturated heterocycles. The van der Waals surface area contributed by atoms with Crippen molar-refractivity contribution in [2.45, 2.75) is 18.9 Å². The van der Waals surface area contributed by atoms with Crippen LogP contribution in [0.5, 0.6) is 0 Å². The Hall–Kier alpha value is -0.540. The van der Waals surface area contributed by atoms with Crippen molar-refractivity contribution in [3.8, 4) is 0 Å². The second kappa shape index (κ2) is 5.87. The predicted octanol–water partition coefficient (Wildman–Crippen LogP) is 4.17. The lowest BCUT2D eigenvalue weighted by Crippen LogP contribution is -2.25. The van der Waals surface area contributed by atoms with E-state index in [0.29, 0.717) is 0 Å². The van der Waals surface area contributed by atoms with Crippen LogP contribution in [-0.4, -0.2) is 6.04 Å². The van der Waals surface area contributed by atoms with Crippen LogP contribution in [0.2, 0.25) is 9.36 Å². The number of benzene rings is 1. The molecule has 2 rings (SSSR count). The van der Waals surface area contributed by atoms with Gasteiger partial charge in [-0.2, -0.15) is 0 Å². The molecule has 1 heterocycles. The lowest BCUT2D eigenvalue weighted by atomic mass is 10.0. The molecular weight excluding hydrogens is 273 g/mol. The van der Waals surface area contributed by atoms with E-state index in [2.05, 4.69) is 0 Å². The first-order chi connectivity index (χ1) is 8.15. The summed E-state index contributed by atoms with van der Waals surface area (Å²) in [4.78, 5) is 1.22. The van der Waals surface area contributed by atoms with Crippen molar-refractivity contribution in [1.82, 2.24) is 0 Å². The molecule has 1 unspecified atom stereocenters. The van der Waals surface area contributed by atoms with Crippen LogP contribution in [0.4, 0.5) is 0 Å². The second-order valence-electron chi connectivity index (χ2n) is 3.97. The summed E-state index contributed by atoms with van der Waals surface area (Å²) in [6, 6.07) is 11.8. The van der Waals surface area contributed by atoms with Crippen molar-refractivity contribution < 1.29 is 0 Å². The van der Waals surface area contributed by atoms with E-state index >= 15 is 0 Å². The van der Waals surface area contributed by atoms with Gasteiger partial charge in [-0.15, -0.1) is 11.3 Å². The molecule has 0 fully saturated rings. The number of rotatable bonds is 4. The first-order valence-corrected chi connectivity index (χ1v) is 6.95. The second-order valence-corrected chi connectivity index (χ2v) is 6.17. The van der Waals surface area contributed by atoms with Crippen molar-refractivity contribution in [1.29, 1.82) is 0 Å². The SMILES string of the molecule is NC(Cc1ccc(Cl)s1)Cc1ccccc1Cl.